The van der Waals surface area contributed by atoms with Gasteiger partial charge in [0.05, 0.1) is 17.2 Å². The summed E-state index contributed by atoms with van der Waals surface area (Å²) in [5, 5.41) is 3.34. The van der Waals surface area contributed by atoms with E-state index in [4.69, 9.17) is 0 Å². The smallest absolute Gasteiger partial charge is 0.315 e. The van der Waals surface area contributed by atoms with E-state index in [-0.39, 0.29) is 24.1 Å². The van der Waals surface area contributed by atoms with Crippen molar-refractivity contribution in [3.63, 3.8) is 0 Å². The van der Waals surface area contributed by atoms with Crippen LogP contribution in [-0.2, 0) is 0 Å². The molecule has 1 fully saturated rings. The fourth-order valence-electron chi connectivity index (χ4n) is 3.92. The average Bonchev–Trinajstić information content (AvgIpc) is 3.34. The molecule has 3 heterocycles. The molecule has 0 aliphatic carbocycles. The van der Waals surface area contributed by atoms with Gasteiger partial charge >= 0.3 is 5.69 Å². The van der Waals surface area contributed by atoms with Crippen LogP contribution in [0.15, 0.2) is 77.7 Å². The molecule has 1 N–H and O–H groups in total. The molecule has 1 aliphatic rings. The number of rotatable bonds is 3. The van der Waals surface area contributed by atoms with E-state index in [0.29, 0.717) is 0 Å². The van der Waals surface area contributed by atoms with Gasteiger partial charge in [-0.2, -0.15) is 0 Å². The molecule has 142 valence electrons. The van der Waals surface area contributed by atoms with Gasteiger partial charge in [-0.05, 0) is 48.4 Å². The molecule has 4 aromatic rings. The Labute approximate surface area is 169 Å². The third kappa shape index (κ3) is 3.03. The summed E-state index contributed by atoms with van der Waals surface area (Å²) in [4.78, 5) is 17.8. The second kappa shape index (κ2) is 7.62. The summed E-state index contributed by atoms with van der Waals surface area (Å²) in [7, 11) is 0. The number of halogens is 1. The number of nitrogens with one attached hydrogen (secondary N) is 1. The normalized spacial score (nSPS) is 16.2. The van der Waals surface area contributed by atoms with Gasteiger partial charge in [-0.1, -0.05) is 42.5 Å². The van der Waals surface area contributed by atoms with Crippen LogP contribution in [0.25, 0.3) is 28.0 Å². The molecule has 1 atom stereocenters. The number of imidazole rings is 1. The molecule has 0 radical (unpaired) electrons. The highest BCUT2D eigenvalue weighted by atomic mass is 35.5. The van der Waals surface area contributed by atoms with Crippen molar-refractivity contribution in [1.29, 1.82) is 0 Å². The maximum absolute atomic E-state index is 13.3. The molecule has 2 aromatic carbocycles. The van der Waals surface area contributed by atoms with Crippen molar-refractivity contribution in [1.82, 2.24) is 19.4 Å². The first-order chi connectivity index (χ1) is 13.3. The van der Waals surface area contributed by atoms with Crippen LogP contribution in [0.3, 0.4) is 0 Å². The minimum atomic E-state index is -0.0233. The zero-order valence-electron chi connectivity index (χ0n) is 15.3. The number of benzene rings is 2. The maximum atomic E-state index is 13.3. The van der Waals surface area contributed by atoms with Crippen molar-refractivity contribution in [3.8, 4) is 16.8 Å². The van der Waals surface area contributed by atoms with Gasteiger partial charge in [-0.25, -0.2) is 9.78 Å². The Bertz CT molecular complexity index is 1140. The van der Waals surface area contributed by atoms with Gasteiger partial charge in [-0.3, -0.25) is 9.13 Å². The largest absolute Gasteiger partial charge is 0.335 e. The first-order valence-electron chi connectivity index (χ1n) is 9.27. The summed E-state index contributed by atoms with van der Waals surface area (Å²) in [6, 6.07) is 22.4. The molecule has 2 aromatic heterocycles. The summed E-state index contributed by atoms with van der Waals surface area (Å²) in [5.41, 5.74) is 4.74. The minimum Gasteiger partial charge on any atom is -0.315 e. The van der Waals surface area contributed by atoms with Crippen molar-refractivity contribution >= 4 is 23.6 Å². The third-order valence-corrected chi connectivity index (χ3v) is 5.26. The zero-order valence-corrected chi connectivity index (χ0v) is 16.1. The summed E-state index contributed by atoms with van der Waals surface area (Å²) >= 11 is 0. The number of nitrogens with zero attached hydrogens (tertiary/aromatic N) is 3. The molecular formula is C22H21ClN4O. The number of fused-ring (bicyclic) bond motifs is 1. The number of aromatic nitrogens is 3. The maximum Gasteiger partial charge on any atom is 0.335 e. The highest BCUT2D eigenvalue weighted by Gasteiger charge is 2.24. The van der Waals surface area contributed by atoms with Crippen LogP contribution >= 0.6 is 12.4 Å². The summed E-state index contributed by atoms with van der Waals surface area (Å²) < 4.78 is 3.62. The standard InChI is InChI=1S/C22H20N4O.ClH/c27-22-25(18-10-8-17(9-11-18)16-5-2-1-3-6-16)20-7-4-13-24-21(20)26(22)19-12-14-23-15-19;/h1-11,13,19,23H,12,14-15H2;1H. The van der Waals surface area contributed by atoms with Crippen LogP contribution in [0, 0.1) is 0 Å². The topological polar surface area (TPSA) is 51.9 Å². The van der Waals surface area contributed by atoms with Crippen LogP contribution in [-0.4, -0.2) is 27.2 Å². The highest BCUT2D eigenvalue weighted by Crippen LogP contribution is 2.24. The fraction of sp³-hybridized carbons (Fsp3) is 0.182. The summed E-state index contributed by atoms with van der Waals surface area (Å²) in [6.07, 6.45) is 2.70. The monoisotopic (exact) mass is 392 g/mol. The van der Waals surface area contributed by atoms with Gasteiger partial charge in [0.25, 0.3) is 0 Å². The van der Waals surface area contributed by atoms with E-state index in [1.54, 1.807) is 10.8 Å². The number of hydrogen-bond acceptors (Lipinski definition) is 3. The number of pyridine rings is 1. The SMILES string of the molecule is Cl.O=c1n(-c2ccc(-c3ccccc3)cc2)c2cccnc2n1C1CCNC1. The quantitative estimate of drug-likeness (QED) is 0.576. The molecule has 0 amide bonds. The second-order valence-electron chi connectivity index (χ2n) is 6.89. The molecule has 0 bridgehead atoms. The molecular weight excluding hydrogens is 372 g/mol. The predicted molar refractivity (Wildman–Crippen MR) is 115 cm³/mol. The van der Waals surface area contributed by atoms with E-state index in [1.165, 1.54) is 0 Å². The van der Waals surface area contributed by atoms with Gasteiger partial charge in [0, 0.05) is 12.7 Å². The van der Waals surface area contributed by atoms with Gasteiger partial charge < -0.3 is 5.32 Å². The second-order valence-corrected chi connectivity index (χ2v) is 6.89. The van der Waals surface area contributed by atoms with Crippen LogP contribution in [0.5, 0.6) is 0 Å². The Morgan fingerprint density at radius 3 is 2.39 bits per heavy atom. The Hall–Kier alpha value is -2.89. The lowest BCUT2D eigenvalue weighted by Gasteiger charge is -2.09. The molecule has 0 spiro atoms. The minimum absolute atomic E-state index is 0. The van der Waals surface area contributed by atoms with Crippen molar-refractivity contribution in [2.75, 3.05) is 13.1 Å². The Morgan fingerprint density at radius 1 is 0.929 bits per heavy atom. The summed E-state index contributed by atoms with van der Waals surface area (Å²) in [5.74, 6) is 0. The molecule has 0 saturated carbocycles. The van der Waals surface area contributed by atoms with Crippen LogP contribution in [0.4, 0.5) is 0 Å². The fourth-order valence-corrected chi connectivity index (χ4v) is 3.92. The van der Waals surface area contributed by atoms with E-state index in [0.717, 1.165) is 47.5 Å². The van der Waals surface area contributed by atoms with Crippen LogP contribution < -0.4 is 11.0 Å². The third-order valence-electron chi connectivity index (χ3n) is 5.26. The summed E-state index contributed by atoms with van der Waals surface area (Å²) in [6.45, 7) is 1.74. The van der Waals surface area contributed by atoms with Crippen molar-refractivity contribution in [2.24, 2.45) is 0 Å². The zero-order chi connectivity index (χ0) is 18.2. The Balaban J connectivity index is 0.00000192. The van der Waals surface area contributed by atoms with Gasteiger partial charge in [-0.15, -0.1) is 12.4 Å². The first kappa shape index (κ1) is 18.5. The van der Waals surface area contributed by atoms with Gasteiger partial charge in [0.1, 0.15) is 0 Å². The van der Waals surface area contributed by atoms with Crippen molar-refractivity contribution in [3.05, 3.63) is 83.4 Å². The molecule has 28 heavy (non-hydrogen) atoms. The highest BCUT2D eigenvalue weighted by molar-refractivity contribution is 5.85. The molecule has 5 nitrogen and oxygen atoms in total. The molecule has 6 heteroatoms. The van der Waals surface area contributed by atoms with Crippen molar-refractivity contribution < 1.29 is 0 Å². The van der Waals surface area contributed by atoms with Gasteiger partial charge in [0.2, 0.25) is 0 Å². The number of hydrogen-bond donors (Lipinski definition) is 1. The van der Waals surface area contributed by atoms with E-state index in [1.807, 2.05) is 47.0 Å². The van der Waals surface area contributed by atoms with Crippen molar-refractivity contribution in [2.45, 2.75) is 12.5 Å². The molecule has 1 aliphatic heterocycles. The Kier molecular flexibility index (Phi) is 5.03. The van der Waals surface area contributed by atoms with E-state index < -0.39 is 0 Å². The molecule has 1 saturated heterocycles. The van der Waals surface area contributed by atoms with Crippen LogP contribution in [0.2, 0.25) is 0 Å². The molecule has 1 unspecified atom stereocenters. The lowest BCUT2D eigenvalue weighted by molar-refractivity contribution is 0.537. The predicted octanol–water partition coefficient (Wildman–Crippen LogP) is 3.81. The average molecular weight is 393 g/mol. The lowest BCUT2D eigenvalue weighted by Crippen LogP contribution is -2.28. The van der Waals surface area contributed by atoms with E-state index in [2.05, 4.69) is 34.6 Å². The molecule has 5 rings (SSSR count). The first-order valence-corrected chi connectivity index (χ1v) is 9.27. The van der Waals surface area contributed by atoms with Crippen LogP contribution in [0.1, 0.15) is 12.5 Å². The Morgan fingerprint density at radius 2 is 1.68 bits per heavy atom. The van der Waals surface area contributed by atoms with Gasteiger partial charge in [0.15, 0.2) is 5.65 Å². The lowest BCUT2D eigenvalue weighted by atomic mass is 10.1. The van der Waals surface area contributed by atoms with E-state index in [9.17, 15) is 4.79 Å². The van der Waals surface area contributed by atoms with E-state index >= 15 is 0 Å².